The summed E-state index contributed by atoms with van der Waals surface area (Å²) in [6, 6.07) is 0. The highest BCUT2D eigenvalue weighted by molar-refractivity contribution is 5.77. The van der Waals surface area contributed by atoms with Crippen LogP contribution in [0.3, 0.4) is 0 Å². The van der Waals surface area contributed by atoms with Gasteiger partial charge in [0.1, 0.15) is 0 Å². The molecule has 0 aliphatic carbocycles. The highest BCUT2D eigenvalue weighted by Gasteiger charge is 2.18. The van der Waals surface area contributed by atoms with Gasteiger partial charge in [-0.25, -0.2) is 4.79 Å². The van der Waals surface area contributed by atoms with Gasteiger partial charge in [-0.3, -0.25) is 0 Å². The van der Waals surface area contributed by atoms with Crippen molar-refractivity contribution in [3.05, 3.63) is 12.2 Å². The van der Waals surface area contributed by atoms with Crippen LogP contribution in [0.4, 0.5) is 0 Å². The monoisotopic (exact) mass is 128 g/mol. The molecular weight excluding hydrogens is 120 g/mol. The fourth-order valence-corrected chi connectivity index (χ4v) is 0.657. The lowest BCUT2D eigenvalue weighted by atomic mass is 10.3. The number of carbonyl (C=O) groups is 1. The van der Waals surface area contributed by atoms with E-state index in [-0.39, 0.29) is 5.97 Å². The minimum absolute atomic E-state index is 0.330. The normalized spacial score (nSPS) is 24.3. The summed E-state index contributed by atoms with van der Waals surface area (Å²) in [6.07, 6.45) is 3.02. The molecule has 0 aromatic heterocycles. The predicted octanol–water partition coefficient (Wildman–Crippen LogP) is 0.114. The third kappa shape index (κ3) is 1.29. The van der Waals surface area contributed by atoms with Gasteiger partial charge in [0, 0.05) is 0 Å². The molecule has 0 amide bonds. The zero-order valence-electron chi connectivity index (χ0n) is 5.16. The second-order valence-corrected chi connectivity index (χ2v) is 1.71. The maximum Gasteiger partial charge on any atom is 0.339 e. The van der Waals surface area contributed by atoms with Crippen LogP contribution in [0.25, 0.3) is 0 Å². The van der Waals surface area contributed by atoms with E-state index in [2.05, 4.69) is 4.74 Å². The van der Waals surface area contributed by atoms with Gasteiger partial charge in [0.05, 0.1) is 13.7 Å². The van der Waals surface area contributed by atoms with Crippen LogP contribution in [0.1, 0.15) is 0 Å². The van der Waals surface area contributed by atoms with Gasteiger partial charge in [0.25, 0.3) is 0 Å². The van der Waals surface area contributed by atoms with Crippen molar-refractivity contribution in [1.82, 2.24) is 0 Å². The second-order valence-electron chi connectivity index (χ2n) is 1.71. The molecule has 1 heterocycles. The van der Waals surface area contributed by atoms with E-state index in [1.807, 2.05) is 0 Å². The van der Waals surface area contributed by atoms with Gasteiger partial charge in [-0.1, -0.05) is 6.08 Å². The fraction of sp³-hybridized carbons (Fsp3) is 0.500. The van der Waals surface area contributed by atoms with Crippen molar-refractivity contribution in [2.24, 2.45) is 0 Å². The minimum atomic E-state index is -0.463. The van der Waals surface area contributed by atoms with Crippen LogP contribution in [0, 0.1) is 0 Å². The van der Waals surface area contributed by atoms with Gasteiger partial charge in [0.15, 0.2) is 6.10 Å². The van der Waals surface area contributed by atoms with Crippen molar-refractivity contribution in [2.45, 2.75) is 6.10 Å². The quantitative estimate of drug-likeness (QED) is 0.371. The van der Waals surface area contributed by atoms with E-state index in [1.165, 1.54) is 7.11 Å². The number of esters is 1. The Hall–Kier alpha value is -0.830. The standard InChI is InChI=1S/C6H8O3/c1-8-6(7)5-3-2-4-9-5/h2-3,5H,4H2,1H3. The van der Waals surface area contributed by atoms with Crippen molar-refractivity contribution in [1.29, 1.82) is 0 Å². The summed E-state index contributed by atoms with van der Waals surface area (Å²) in [4.78, 5) is 10.6. The Balaban J connectivity index is 2.43. The summed E-state index contributed by atoms with van der Waals surface area (Å²) < 4.78 is 9.34. The summed E-state index contributed by atoms with van der Waals surface area (Å²) in [6.45, 7) is 0.514. The van der Waals surface area contributed by atoms with Gasteiger partial charge < -0.3 is 9.47 Å². The molecule has 0 aromatic rings. The largest absolute Gasteiger partial charge is 0.467 e. The number of hydrogen-bond donors (Lipinski definition) is 0. The molecule has 9 heavy (non-hydrogen) atoms. The molecule has 1 unspecified atom stereocenters. The summed E-state index contributed by atoms with van der Waals surface area (Å²) in [7, 11) is 1.35. The molecule has 3 heteroatoms. The minimum Gasteiger partial charge on any atom is -0.467 e. The molecule has 0 aromatic carbocycles. The molecule has 1 aliphatic heterocycles. The first-order valence-electron chi connectivity index (χ1n) is 2.70. The lowest BCUT2D eigenvalue weighted by Gasteiger charge is -2.03. The molecule has 1 rings (SSSR count). The Bertz CT molecular complexity index is 139. The molecule has 0 saturated carbocycles. The number of carbonyl (C=O) groups excluding carboxylic acids is 1. The van der Waals surface area contributed by atoms with E-state index in [0.717, 1.165) is 0 Å². The lowest BCUT2D eigenvalue weighted by molar-refractivity contribution is -0.149. The first-order valence-corrected chi connectivity index (χ1v) is 2.70. The van der Waals surface area contributed by atoms with Crippen LogP contribution < -0.4 is 0 Å². The molecule has 50 valence electrons. The Morgan fingerprint density at radius 3 is 3.11 bits per heavy atom. The first-order chi connectivity index (χ1) is 4.34. The van der Waals surface area contributed by atoms with Crippen molar-refractivity contribution in [2.75, 3.05) is 13.7 Å². The Morgan fingerprint density at radius 2 is 2.67 bits per heavy atom. The third-order valence-electron chi connectivity index (χ3n) is 1.12. The number of rotatable bonds is 1. The molecule has 0 N–H and O–H groups in total. The molecule has 0 radical (unpaired) electrons. The Kier molecular flexibility index (Phi) is 1.85. The molecule has 1 atom stereocenters. The van der Waals surface area contributed by atoms with Gasteiger partial charge >= 0.3 is 5.97 Å². The average Bonchev–Trinajstić information content (AvgIpc) is 2.37. The average molecular weight is 128 g/mol. The predicted molar refractivity (Wildman–Crippen MR) is 30.9 cm³/mol. The topological polar surface area (TPSA) is 35.5 Å². The number of ether oxygens (including phenoxy) is 2. The van der Waals surface area contributed by atoms with Crippen molar-refractivity contribution in [3.63, 3.8) is 0 Å². The third-order valence-corrected chi connectivity index (χ3v) is 1.12. The first kappa shape index (κ1) is 6.29. The maximum absolute atomic E-state index is 10.6. The summed E-state index contributed by atoms with van der Waals surface area (Å²) >= 11 is 0. The summed E-state index contributed by atoms with van der Waals surface area (Å²) in [5.74, 6) is -0.330. The smallest absolute Gasteiger partial charge is 0.339 e. The molecule has 1 aliphatic rings. The van der Waals surface area contributed by atoms with Crippen molar-refractivity contribution >= 4 is 5.97 Å². The van der Waals surface area contributed by atoms with E-state index >= 15 is 0 Å². The highest BCUT2D eigenvalue weighted by atomic mass is 16.6. The van der Waals surface area contributed by atoms with Crippen LogP contribution in [0.15, 0.2) is 12.2 Å². The highest BCUT2D eigenvalue weighted by Crippen LogP contribution is 2.03. The van der Waals surface area contributed by atoms with E-state index in [1.54, 1.807) is 12.2 Å². The lowest BCUT2D eigenvalue weighted by Crippen LogP contribution is -2.19. The molecule has 0 saturated heterocycles. The van der Waals surface area contributed by atoms with E-state index in [0.29, 0.717) is 6.61 Å². The SMILES string of the molecule is COC(=O)C1C=CCO1. The summed E-state index contributed by atoms with van der Waals surface area (Å²) in [5.41, 5.74) is 0. The van der Waals surface area contributed by atoms with E-state index in [4.69, 9.17) is 4.74 Å². The summed E-state index contributed by atoms with van der Waals surface area (Å²) in [5, 5.41) is 0. The van der Waals surface area contributed by atoms with Crippen LogP contribution in [-0.4, -0.2) is 25.8 Å². The molecule has 0 bridgehead atoms. The maximum atomic E-state index is 10.6. The van der Waals surface area contributed by atoms with Crippen molar-refractivity contribution < 1.29 is 14.3 Å². The zero-order valence-corrected chi connectivity index (χ0v) is 5.16. The van der Waals surface area contributed by atoms with Gasteiger partial charge in [0.2, 0.25) is 0 Å². The van der Waals surface area contributed by atoms with Crippen LogP contribution in [-0.2, 0) is 14.3 Å². The van der Waals surface area contributed by atoms with Crippen molar-refractivity contribution in [3.8, 4) is 0 Å². The van der Waals surface area contributed by atoms with E-state index < -0.39 is 6.10 Å². The van der Waals surface area contributed by atoms with Crippen LogP contribution >= 0.6 is 0 Å². The second kappa shape index (κ2) is 2.64. The van der Waals surface area contributed by atoms with E-state index in [9.17, 15) is 4.79 Å². The number of hydrogen-bond acceptors (Lipinski definition) is 3. The van der Waals surface area contributed by atoms with Gasteiger partial charge in [-0.15, -0.1) is 0 Å². The van der Waals surface area contributed by atoms with Gasteiger partial charge in [-0.2, -0.15) is 0 Å². The van der Waals surface area contributed by atoms with Gasteiger partial charge in [-0.05, 0) is 6.08 Å². The molecule has 0 fully saturated rings. The Morgan fingerprint density at radius 1 is 1.89 bits per heavy atom. The van der Waals surface area contributed by atoms with Crippen LogP contribution in [0.5, 0.6) is 0 Å². The molecular formula is C6H8O3. The number of methoxy groups -OCH3 is 1. The zero-order chi connectivity index (χ0) is 6.69. The Labute approximate surface area is 53.3 Å². The molecule has 3 nitrogen and oxygen atoms in total. The van der Waals surface area contributed by atoms with Crippen LogP contribution in [0.2, 0.25) is 0 Å². The fourth-order valence-electron chi connectivity index (χ4n) is 0.657. The molecule has 0 spiro atoms.